The van der Waals surface area contributed by atoms with E-state index in [-0.39, 0.29) is 16.5 Å². The molecule has 2 rings (SSSR count). The molecule has 0 fully saturated rings. The highest BCUT2D eigenvalue weighted by atomic mass is 32.2. The first-order chi connectivity index (χ1) is 11.4. The molecule has 2 aromatic rings. The number of carbonyl (C=O) groups excluding carboxylic acids is 1. The molecule has 0 unspecified atom stereocenters. The van der Waals surface area contributed by atoms with Crippen molar-refractivity contribution in [2.75, 3.05) is 24.3 Å². The number of hydrogen-bond donors (Lipinski definition) is 2. The van der Waals surface area contributed by atoms with Crippen LogP contribution in [0.4, 0.5) is 11.4 Å². The van der Waals surface area contributed by atoms with Crippen molar-refractivity contribution in [3.63, 3.8) is 0 Å². The summed E-state index contributed by atoms with van der Waals surface area (Å²) in [6.07, 6.45) is 0. The standard InChI is InChI=1S/C16H18N2O5S/c1-11(19)17-15-10-14(7-8-16(15)23-3)24(20,21)18-12-5-4-6-13(9-12)22-2/h4-10,18H,1-3H3,(H,17,19). The number of nitrogens with one attached hydrogen (secondary N) is 2. The van der Waals surface area contributed by atoms with Crippen LogP contribution in [0.3, 0.4) is 0 Å². The van der Waals surface area contributed by atoms with Crippen molar-refractivity contribution in [2.24, 2.45) is 0 Å². The highest BCUT2D eigenvalue weighted by Gasteiger charge is 2.17. The fourth-order valence-electron chi connectivity index (χ4n) is 2.04. The smallest absolute Gasteiger partial charge is 0.261 e. The number of anilines is 2. The summed E-state index contributed by atoms with van der Waals surface area (Å²) >= 11 is 0. The summed E-state index contributed by atoms with van der Waals surface area (Å²) in [6, 6.07) is 10.8. The van der Waals surface area contributed by atoms with Gasteiger partial charge in [-0.2, -0.15) is 0 Å². The molecule has 2 N–H and O–H groups in total. The van der Waals surface area contributed by atoms with E-state index in [4.69, 9.17) is 9.47 Å². The summed E-state index contributed by atoms with van der Waals surface area (Å²) in [5.74, 6) is 0.568. The molecule has 0 aromatic heterocycles. The molecule has 0 spiro atoms. The molecule has 0 aliphatic carbocycles. The van der Waals surface area contributed by atoms with E-state index in [0.29, 0.717) is 17.2 Å². The van der Waals surface area contributed by atoms with E-state index in [0.717, 1.165) is 0 Å². The van der Waals surface area contributed by atoms with Gasteiger partial charge in [-0.15, -0.1) is 0 Å². The van der Waals surface area contributed by atoms with Gasteiger partial charge in [0.15, 0.2) is 0 Å². The Labute approximate surface area is 140 Å². The van der Waals surface area contributed by atoms with Crippen LogP contribution in [-0.2, 0) is 14.8 Å². The maximum Gasteiger partial charge on any atom is 0.261 e. The van der Waals surface area contributed by atoms with E-state index < -0.39 is 10.0 Å². The normalized spacial score (nSPS) is 10.8. The maximum atomic E-state index is 12.5. The molecule has 0 atom stereocenters. The molecular formula is C16H18N2O5S. The third-order valence-corrected chi connectivity index (χ3v) is 4.49. The lowest BCUT2D eigenvalue weighted by Gasteiger charge is -2.13. The third-order valence-electron chi connectivity index (χ3n) is 3.11. The number of rotatable bonds is 6. The van der Waals surface area contributed by atoms with Gasteiger partial charge in [-0.05, 0) is 30.3 Å². The number of benzene rings is 2. The average molecular weight is 350 g/mol. The van der Waals surface area contributed by atoms with Crippen LogP contribution in [0.15, 0.2) is 47.4 Å². The molecule has 1 amide bonds. The van der Waals surface area contributed by atoms with Crippen molar-refractivity contribution in [1.82, 2.24) is 0 Å². The van der Waals surface area contributed by atoms with Gasteiger partial charge >= 0.3 is 0 Å². The third kappa shape index (κ3) is 4.17. The van der Waals surface area contributed by atoms with Crippen LogP contribution in [0, 0.1) is 0 Å². The summed E-state index contributed by atoms with van der Waals surface area (Å²) in [5.41, 5.74) is 0.643. The number of hydrogen-bond acceptors (Lipinski definition) is 5. The fourth-order valence-corrected chi connectivity index (χ4v) is 3.12. The Morgan fingerprint density at radius 3 is 2.42 bits per heavy atom. The van der Waals surface area contributed by atoms with E-state index in [1.165, 1.54) is 39.3 Å². The van der Waals surface area contributed by atoms with Gasteiger partial charge in [-0.25, -0.2) is 8.42 Å². The number of sulfonamides is 1. The quantitative estimate of drug-likeness (QED) is 0.835. The Kier molecular flexibility index (Phi) is 5.30. The van der Waals surface area contributed by atoms with Crippen molar-refractivity contribution in [2.45, 2.75) is 11.8 Å². The van der Waals surface area contributed by atoms with Crippen molar-refractivity contribution in [1.29, 1.82) is 0 Å². The zero-order chi connectivity index (χ0) is 17.7. The topological polar surface area (TPSA) is 93.7 Å². The average Bonchev–Trinajstić information content (AvgIpc) is 2.54. The lowest BCUT2D eigenvalue weighted by Crippen LogP contribution is -2.14. The summed E-state index contributed by atoms with van der Waals surface area (Å²) in [7, 11) is -0.903. The summed E-state index contributed by atoms with van der Waals surface area (Å²) in [5, 5.41) is 2.54. The molecule has 7 nitrogen and oxygen atoms in total. The van der Waals surface area contributed by atoms with E-state index >= 15 is 0 Å². The Bertz CT molecular complexity index is 849. The maximum absolute atomic E-state index is 12.5. The van der Waals surface area contributed by atoms with Crippen LogP contribution < -0.4 is 19.5 Å². The summed E-state index contributed by atoms with van der Waals surface area (Å²) < 4.78 is 37.7. The van der Waals surface area contributed by atoms with Gasteiger partial charge in [-0.1, -0.05) is 6.07 Å². The molecule has 0 saturated heterocycles. The van der Waals surface area contributed by atoms with Crippen molar-refractivity contribution >= 4 is 27.3 Å². The molecule has 24 heavy (non-hydrogen) atoms. The molecule has 0 aliphatic heterocycles. The van der Waals surface area contributed by atoms with Crippen LogP contribution in [0.25, 0.3) is 0 Å². The van der Waals surface area contributed by atoms with Crippen molar-refractivity contribution in [3.05, 3.63) is 42.5 Å². The van der Waals surface area contributed by atoms with E-state index in [2.05, 4.69) is 10.0 Å². The van der Waals surface area contributed by atoms with Crippen LogP contribution in [0.5, 0.6) is 11.5 Å². The lowest BCUT2D eigenvalue weighted by atomic mass is 10.3. The van der Waals surface area contributed by atoms with Gasteiger partial charge in [0.2, 0.25) is 5.91 Å². The van der Waals surface area contributed by atoms with Gasteiger partial charge in [0, 0.05) is 13.0 Å². The molecule has 2 aromatic carbocycles. The van der Waals surface area contributed by atoms with Gasteiger partial charge < -0.3 is 14.8 Å². The Balaban J connectivity index is 2.36. The van der Waals surface area contributed by atoms with E-state index in [1.54, 1.807) is 24.3 Å². The second kappa shape index (κ2) is 7.22. The van der Waals surface area contributed by atoms with Crippen LogP contribution >= 0.6 is 0 Å². The minimum Gasteiger partial charge on any atom is -0.497 e. The van der Waals surface area contributed by atoms with Crippen molar-refractivity contribution < 1.29 is 22.7 Å². The minimum absolute atomic E-state index is 0.00475. The van der Waals surface area contributed by atoms with Gasteiger partial charge in [0.05, 0.1) is 30.5 Å². The highest BCUT2D eigenvalue weighted by Crippen LogP contribution is 2.29. The van der Waals surface area contributed by atoms with E-state index in [1.807, 2.05) is 0 Å². The monoisotopic (exact) mass is 350 g/mol. The second-order valence-electron chi connectivity index (χ2n) is 4.88. The van der Waals surface area contributed by atoms with Crippen LogP contribution in [-0.4, -0.2) is 28.5 Å². The zero-order valence-corrected chi connectivity index (χ0v) is 14.3. The highest BCUT2D eigenvalue weighted by molar-refractivity contribution is 7.92. The summed E-state index contributed by atoms with van der Waals surface area (Å²) in [4.78, 5) is 11.3. The predicted molar refractivity (Wildman–Crippen MR) is 91.1 cm³/mol. The first-order valence-electron chi connectivity index (χ1n) is 6.98. The number of methoxy groups -OCH3 is 2. The van der Waals surface area contributed by atoms with Gasteiger partial charge in [0.25, 0.3) is 10.0 Å². The van der Waals surface area contributed by atoms with Gasteiger partial charge in [0.1, 0.15) is 11.5 Å². The second-order valence-corrected chi connectivity index (χ2v) is 6.56. The SMILES string of the molecule is COc1cccc(NS(=O)(=O)c2ccc(OC)c(NC(C)=O)c2)c1. The van der Waals surface area contributed by atoms with Crippen LogP contribution in [0.2, 0.25) is 0 Å². The Morgan fingerprint density at radius 2 is 1.79 bits per heavy atom. The number of ether oxygens (including phenoxy) is 2. The van der Waals surface area contributed by atoms with Crippen molar-refractivity contribution in [3.8, 4) is 11.5 Å². The molecule has 0 saturated carbocycles. The lowest BCUT2D eigenvalue weighted by molar-refractivity contribution is -0.114. The molecule has 8 heteroatoms. The first-order valence-corrected chi connectivity index (χ1v) is 8.46. The molecule has 0 radical (unpaired) electrons. The molecule has 0 heterocycles. The molecule has 0 aliphatic rings. The minimum atomic E-state index is -3.83. The van der Waals surface area contributed by atoms with Crippen LogP contribution in [0.1, 0.15) is 6.92 Å². The van der Waals surface area contributed by atoms with Gasteiger partial charge in [-0.3, -0.25) is 9.52 Å². The Morgan fingerprint density at radius 1 is 1.04 bits per heavy atom. The Hall–Kier alpha value is -2.74. The fraction of sp³-hybridized carbons (Fsp3) is 0.188. The first kappa shape index (κ1) is 17.6. The number of amides is 1. The predicted octanol–water partition coefficient (Wildman–Crippen LogP) is 2.46. The summed E-state index contributed by atoms with van der Waals surface area (Å²) in [6.45, 7) is 1.33. The van der Waals surface area contributed by atoms with E-state index in [9.17, 15) is 13.2 Å². The molecular weight excluding hydrogens is 332 g/mol. The zero-order valence-electron chi connectivity index (χ0n) is 13.5. The largest absolute Gasteiger partial charge is 0.497 e. The number of carbonyl (C=O) groups is 1. The molecule has 0 bridgehead atoms. The molecule has 128 valence electrons.